The van der Waals surface area contributed by atoms with Crippen LogP contribution in [0.2, 0.25) is 0 Å². The summed E-state index contributed by atoms with van der Waals surface area (Å²) in [5.74, 6) is 1.02. The number of benzene rings is 1. The van der Waals surface area contributed by atoms with Crippen LogP contribution >= 0.6 is 0 Å². The predicted octanol–water partition coefficient (Wildman–Crippen LogP) is 2.90. The average molecular weight is 261 g/mol. The molecule has 0 saturated carbocycles. The lowest BCUT2D eigenvalue weighted by Crippen LogP contribution is -2.00. The van der Waals surface area contributed by atoms with Crippen LogP contribution in [0, 0.1) is 5.82 Å². The van der Waals surface area contributed by atoms with Gasteiger partial charge in [0.25, 0.3) is 0 Å². The Kier molecular flexibility index (Phi) is 3.94. The molecule has 0 atom stereocenters. The second-order valence-electron chi connectivity index (χ2n) is 4.02. The van der Waals surface area contributed by atoms with Crippen LogP contribution in [0.4, 0.5) is 10.2 Å². The first-order chi connectivity index (χ1) is 9.17. The zero-order valence-corrected chi connectivity index (χ0v) is 11.2. The molecule has 0 unspecified atom stereocenters. The van der Waals surface area contributed by atoms with Gasteiger partial charge in [0.05, 0.1) is 7.11 Å². The van der Waals surface area contributed by atoms with Gasteiger partial charge in [-0.2, -0.15) is 0 Å². The molecule has 0 bridgehead atoms. The van der Waals surface area contributed by atoms with Crippen LogP contribution in [-0.2, 0) is 6.42 Å². The maximum absolute atomic E-state index is 13.7. The Morgan fingerprint density at radius 3 is 2.63 bits per heavy atom. The number of halogens is 1. The predicted molar refractivity (Wildman–Crippen MR) is 72.9 cm³/mol. The number of nitrogens with one attached hydrogen (secondary N) is 1. The van der Waals surface area contributed by atoms with Crippen LogP contribution in [0.1, 0.15) is 12.6 Å². The van der Waals surface area contributed by atoms with Crippen molar-refractivity contribution in [3.63, 3.8) is 0 Å². The van der Waals surface area contributed by atoms with Crippen molar-refractivity contribution in [1.29, 1.82) is 0 Å². The highest BCUT2D eigenvalue weighted by Gasteiger charge is 2.09. The first-order valence-corrected chi connectivity index (χ1v) is 6.07. The third-order valence-corrected chi connectivity index (χ3v) is 2.81. The summed E-state index contributed by atoms with van der Waals surface area (Å²) < 4.78 is 18.6. The zero-order chi connectivity index (χ0) is 13.8. The Hall–Kier alpha value is -2.17. The van der Waals surface area contributed by atoms with Gasteiger partial charge >= 0.3 is 0 Å². The molecule has 0 aliphatic rings. The molecule has 0 radical (unpaired) electrons. The van der Waals surface area contributed by atoms with E-state index in [1.54, 1.807) is 19.2 Å². The van der Waals surface area contributed by atoms with Crippen molar-refractivity contribution >= 4 is 5.82 Å². The summed E-state index contributed by atoms with van der Waals surface area (Å²) in [4.78, 5) is 8.75. The molecular formula is C14H16FN3O. The van der Waals surface area contributed by atoms with Gasteiger partial charge in [0, 0.05) is 24.4 Å². The van der Waals surface area contributed by atoms with Crippen molar-refractivity contribution in [3.05, 3.63) is 35.8 Å². The first-order valence-electron chi connectivity index (χ1n) is 6.07. The molecule has 1 aromatic carbocycles. The highest BCUT2D eigenvalue weighted by Crippen LogP contribution is 2.24. The number of methoxy groups -OCH3 is 1. The van der Waals surface area contributed by atoms with E-state index in [1.165, 1.54) is 13.2 Å². The summed E-state index contributed by atoms with van der Waals surface area (Å²) in [6.45, 7) is 2.01. The Labute approximate surface area is 111 Å². The van der Waals surface area contributed by atoms with Crippen LogP contribution in [0.25, 0.3) is 11.4 Å². The standard InChI is InChI=1S/C14H16FN3O/c1-4-10-8-13(16-2)18-14(17-10)9-5-6-12(19-3)11(15)7-9/h5-8H,4H2,1-3H3,(H,16,17,18). The Morgan fingerprint density at radius 1 is 1.26 bits per heavy atom. The van der Waals surface area contributed by atoms with Gasteiger partial charge in [0.1, 0.15) is 5.82 Å². The zero-order valence-electron chi connectivity index (χ0n) is 11.2. The molecule has 0 saturated heterocycles. The van der Waals surface area contributed by atoms with Gasteiger partial charge in [-0.25, -0.2) is 14.4 Å². The van der Waals surface area contributed by atoms with Crippen molar-refractivity contribution in [1.82, 2.24) is 9.97 Å². The van der Waals surface area contributed by atoms with Gasteiger partial charge in [-0.15, -0.1) is 0 Å². The third-order valence-electron chi connectivity index (χ3n) is 2.81. The molecule has 0 amide bonds. The minimum absolute atomic E-state index is 0.212. The van der Waals surface area contributed by atoms with Crippen LogP contribution < -0.4 is 10.1 Å². The number of aromatic nitrogens is 2. The number of nitrogens with zero attached hydrogens (tertiary/aromatic N) is 2. The van der Waals surface area contributed by atoms with Gasteiger partial charge in [0.2, 0.25) is 0 Å². The molecule has 1 aromatic heterocycles. The average Bonchev–Trinajstić information content (AvgIpc) is 2.46. The number of hydrogen-bond acceptors (Lipinski definition) is 4. The third kappa shape index (κ3) is 2.81. The highest BCUT2D eigenvalue weighted by molar-refractivity contribution is 5.59. The van der Waals surface area contributed by atoms with Crippen LogP contribution in [0.3, 0.4) is 0 Å². The minimum atomic E-state index is -0.420. The van der Waals surface area contributed by atoms with Crippen molar-refractivity contribution in [2.24, 2.45) is 0 Å². The summed E-state index contributed by atoms with van der Waals surface area (Å²) in [6, 6.07) is 6.58. The van der Waals surface area contributed by atoms with Crippen LogP contribution in [0.15, 0.2) is 24.3 Å². The molecule has 1 heterocycles. The Balaban J connectivity index is 2.48. The van der Waals surface area contributed by atoms with E-state index in [1.807, 2.05) is 13.0 Å². The SMILES string of the molecule is CCc1cc(NC)nc(-c2ccc(OC)c(F)c2)n1. The van der Waals surface area contributed by atoms with Gasteiger partial charge in [-0.1, -0.05) is 6.92 Å². The fourth-order valence-corrected chi connectivity index (χ4v) is 1.74. The molecule has 0 aliphatic carbocycles. The topological polar surface area (TPSA) is 47.0 Å². The Bertz CT molecular complexity index is 565. The molecule has 4 nitrogen and oxygen atoms in total. The second-order valence-corrected chi connectivity index (χ2v) is 4.02. The van der Waals surface area contributed by atoms with Crippen LogP contribution in [0.5, 0.6) is 5.75 Å². The van der Waals surface area contributed by atoms with E-state index in [2.05, 4.69) is 15.3 Å². The normalized spacial score (nSPS) is 10.3. The second kappa shape index (κ2) is 5.65. The maximum atomic E-state index is 13.7. The Morgan fingerprint density at radius 2 is 2.05 bits per heavy atom. The summed E-state index contributed by atoms with van der Waals surface area (Å²) >= 11 is 0. The van der Waals surface area contributed by atoms with Gasteiger partial charge in [-0.3, -0.25) is 0 Å². The van der Waals surface area contributed by atoms with Gasteiger partial charge < -0.3 is 10.1 Å². The molecule has 19 heavy (non-hydrogen) atoms. The summed E-state index contributed by atoms with van der Waals surface area (Å²) in [7, 11) is 3.23. The van der Waals surface area contributed by atoms with E-state index < -0.39 is 5.82 Å². The maximum Gasteiger partial charge on any atom is 0.165 e. The molecule has 0 fully saturated rings. The van der Waals surface area contributed by atoms with Crippen molar-refractivity contribution in [2.75, 3.05) is 19.5 Å². The van der Waals surface area contributed by atoms with Crippen molar-refractivity contribution < 1.29 is 9.13 Å². The lowest BCUT2D eigenvalue weighted by molar-refractivity contribution is 0.386. The fraction of sp³-hybridized carbons (Fsp3) is 0.286. The molecule has 2 rings (SSSR count). The number of ether oxygens (including phenoxy) is 1. The molecule has 0 aliphatic heterocycles. The fourth-order valence-electron chi connectivity index (χ4n) is 1.74. The van der Waals surface area contributed by atoms with E-state index in [4.69, 9.17) is 4.74 Å². The van der Waals surface area contributed by atoms with E-state index in [0.29, 0.717) is 11.4 Å². The van der Waals surface area contributed by atoms with Crippen LogP contribution in [-0.4, -0.2) is 24.1 Å². The number of anilines is 1. The van der Waals surface area contributed by atoms with E-state index in [0.717, 1.165) is 17.9 Å². The molecule has 1 N–H and O–H groups in total. The molecule has 5 heteroatoms. The van der Waals surface area contributed by atoms with E-state index >= 15 is 0 Å². The number of aryl methyl sites for hydroxylation is 1. The van der Waals surface area contributed by atoms with E-state index in [-0.39, 0.29) is 5.75 Å². The lowest BCUT2D eigenvalue weighted by Gasteiger charge is -2.08. The molecule has 2 aromatic rings. The van der Waals surface area contributed by atoms with Crippen molar-refractivity contribution in [3.8, 4) is 17.1 Å². The number of rotatable bonds is 4. The van der Waals surface area contributed by atoms with Gasteiger partial charge in [0.15, 0.2) is 17.4 Å². The number of hydrogen-bond donors (Lipinski definition) is 1. The largest absolute Gasteiger partial charge is 0.494 e. The molecular weight excluding hydrogens is 245 g/mol. The monoisotopic (exact) mass is 261 g/mol. The van der Waals surface area contributed by atoms with E-state index in [9.17, 15) is 4.39 Å². The molecule has 0 spiro atoms. The summed E-state index contributed by atoms with van der Waals surface area (Å²) in [5.41, 5.74) is 1.54. The summed E-state index contributed by atoms with van der Waals surface area (Å²) in [6.07, 6.45) is 0.794. The smallest absolute Gasteiger partial charge is 0.165 e. The summed E-state index contributed by atoms with van der Waals surface area (Å²) in [5, 5.41) is 2.98. The highest BCUT2D eigenvalue weighted by atomic mass is 19.1. The molecule has 100 valence electrons. The quantitative estimate of drug-likeness (QED) is 0.919. The minimum Gasteiger partial charge on any atom is -0.494 e. The van der Waals surface area contributed by atoms with Gasteiger partial charge in [-0.05, 0) is 24.6 Å². The van der Waals surface area contributed by atoms with Crippen molar-refractivity contribution in [2.45, 2.75) is 13.3 Å². The lowest BCUT2D eigenvalue weighted by atomic mass is 10.2. The first kappa shape index (κ1) is 13.3.